The molecular formula is C33H56N2O6+2. The number of esters is 2. The third kappa shape index (κ3) is 4.97. The average molecular weight is 577 g/mol. The van der Waals surface area contributed by atoms with Crippen LogP contribution >= 0.6 is 0 Å². The van der Waals surface area contributed by atoms with Gasteiger partial charge in [0, 0.05) is 32.1 Å². The lowest BCUT2D eigenvalue weighted by molar-refractivity contribution is -0.945. The predicted molar refractivity (Wildman–Crippen MR) is 155 cm³/mol. The minimum absolute atomic E-state index is 0.00550. The summed E-state index contributed by atoms with van der Waals surface area (Å²) in [5, 5.41) is 0. The Balaban J connectivity index is 1.31. The number of nitrogens with zero attached hydrogens (tertiary/aromatic N) is 2. The van der Waals surface area contributed by atoms with Gasteiger partial charge in [0.2, 0.25) is 0 Å². The molecule has 0 spiro atoms. The van der Waals surface area contributed by atoms with Crippen LogP contribution in [0.2, 0.25) is 0 Å². The quantitative estimate of drug-likeness (QED) is 0.375. The van der Waals surface area contributed by atoms with Crippen LogP contribution in [-0.4, -0.2) is 112 Å². The maximum atomic E-state index is 12.5. The molecule has 0 N–H and O–H groups in total. The number of ether oxygens (including phenoxy) is 4. The zero-order valence-corrected chi connectivity index (χ0v) is 26.6. The Kier molecular flexibility index (Phi) is 7.82. The summed E-state index contributed by atoms with van der Waals surface area (Å²) in [7, 11) is 4.76. The summed E-state index contributed by atoms with van der Waals surface area (Å²) in [5.41, 5.74) is 0.259. The van der Waals surface area contributed by atoms with Crippen molar-refractivity contribution < 1.29 is 37.5 Å². The average Bonchev–Trinajstić information content (AvgIpc) is 3.21. The highest BCUT2D eigenvalue weighted by Gasteiger charge is 2.68. The molecule has 41 heavy (non-hydrogen) atoms. The van der Waals surface area contributed by atoms with Crippen molar-refractivity contribution in [2.75, 3.05) is 66.7 Å². The van der Waals surface area contributed by atoms with E-state index in [1.165, 1.54) is 19.3 Å². The van der Waals surface area contributed by atoms with Crippen molar-refractivity contribution in [1.82, 2.24) is 0 Å². The van der Waals surface area contributed by atoms with Crippen LogP contribution in [0.1, 0.15) is 72.6 Å². The second kappa shape index (κ2) is 10.7. The Bertz CT molecular complexity index is 1010. The molecule has 0 bridgehead atoms. The Morgan fingerprint density at radius 2 is 1.32 bits per heavy atom. The Hall–Kier alpha value is -1.22. The molecule has 2 heterocycles. The minimum Gasteiger partial charge on any atom is -0.456 e. The summed E-state index contributed by atoms with van der Waals surface area (Å²) >= 11 is 0. The van der Waals surface area contributed by atoms with Crippen molar-refractivity contribution in [2.24, 2.45) is 34.5 Å². The molecule has 8 heteroatoms. The van der Waals surface area contributed by atoms with Crippen molar-refractivity contribution in [3.8, 4) is 0 Å². The molecule has 0 aromatic heterocycles. The van der Waals surface area contributed by atoms with Crippen molar-refractivity contribution >= 4 is 11.9 Å². The van der Waals surface area contributed by atoms with Gasteiger partial charge >= 0.3 is 11.9 Å². The highest BCUT2D eigenvalue weighted by molar-refractivity contribution is 5.66. The maximum absolute atomic E-state index is 12.5. The first-order valence-corrected chi connectivity index (χ1v) is 16.6. The third-order valence-corrected chi connectivity index (χ3v) is 13.8. The molecular weight excluding hydrogens is 520 g/mol. The van der Waals surface area contributed by atoms with Crippen LogP contribution in [0.15, 0.2) is 0 Å². The summed E-state index contributed by atoms with van der Waals surface area (Å²) in [4.78, 5) is 24.8. The van der Waals surface area contributed by atoms with E-state index >= 15 is 0 Å². The lowest BCUT2D eigenvalue weighted by Crippen LogP contribution is -2.67. The van der Waals surface area contributed by atoms with E-state index in [2.05, 4.69) is 27.9 Å². The number of morpholine rings is 2. The smallest absolute Gasteiger partial charge is 0.303 e. The zero-order valence-electron chi connectivity index (χ0n) is 26.6. The van der Waals surface area contributed by atoms with Crippen LogP contribution < -0.4 is 0 Å². The van der Waals surface area contributed by atoms with Gasteiger partial charge in [-0.15, -0.1) is 0 Å². The fraction of sp³-hybridized carbons (Fsp3) is 0.939. The molecule has 2 aliphatic heterocycles. The highest BCUT2D eigenvalue weighted by atomic mass is 16.6. The van der Waals surface area contributed by atoms with Crippen LogP contribution in [0.4, 0.5) is 0 Å². The lowest BCUT2D eigenvalue weighted by atomic mass is 9.44. The van der Waals surface area contributed by atoms with E-state index in [9.17, 15) is 9.59 Å². The van der Waals surface area contributed by atoms with Crippen molar-refractivity contribution in [2.45, 2.75) is 96.9 Å². The third-order valence-electron chi connectivity index (χ3n) is 13.8. The maximum Gasteiger partial charge on any atom is 0.303 e. The fourth-order valence-corrected chi connectivity index (χ4v) is 11.3. The van der Waals surface area contributed by atoms with E-state index in [4.69, 9.17) is 18.9 Å². The second-order valence-corrected chi connectivity index (χ2v) is 15.8. The summed E-state index contributed by atoms with van der Waals surface area (Å²) < 4.78 is 25.9. The van der Waals surface area contributed by atoms with Gasteiger partial charge in [0.1, 0.15) is 38.3 Å². The Labute approximate surface area is 247 Å². The molecule has 2 saturated heterocycles. The molecule has 0 aromatic rings. The topological polar surface area (TPSA) is 71.1 Å². The van der Waals surface area contributed by atoms with Crippen molar-refractivity contribution in [3.05, 3.63) is 0 Å². The van der Waals surface area contributed by atoms with E-state index in [0.717, 1.165) is 87.3 Å². The minimum atomic E-state index is -0.140. The van der Waals surface area contributed by atoms with Gasteiger partial charge < -0.3 is 27.9 Å². The van der Waals surface area contributed by atoms with Gasteiger partial charge in [0.25, 0.3) is 0 Å². The fourth-order valence-electron chi connectivity index (χ4n) is 11.3. The summed E-state index contributed by atoms with van der Waals surface area (Å²) in [5.74, 6) is 2.22. The van der Waals surface area contributed by atoms with Crippen molar-refractivity contribution in [3.63, 3.8) is 0 Å². The lowest BCUT2D eigenvalue weighted by Gasteiger charge is -2.63. The van der Waals surface area contributed by atoms with Crippen LogP contribution in [-0.2, 0) is 28.5 Å². The van der Waals surface area contributed by atoms with E-state index in [0.29, 0.717) is 35.8 Å². The van der Waals surface area contributed by atoms with E-state index in [1.54, 1.807) is 13.8 Å². The Morgan fingerprint density at radius 3 is 1.90 bits per heavy atom. The molecule has 0 aromatic carbocycles. The highest BCUT2D eigenvalue weighted by Crippen LogP contribution is 2.67. The predicted octanol–water partition coefficient (Wildman–Crippen LogP) is 3.80. The Morgan fingerprint density at radius 1 is 0.732 bits per heavy atom. The molecule has 0 amide bonds. The summed E-state index contributed by atoms with van der Waals surface area (Å²) in [6.07, 6.45) is 8.03. The van der Waals surface area contributed by atoms with Gasteiger partial charge in [-0.2, -0.15) is 0 Å². The van der Waals surface area contributed by atoms with E-state index < -0.39 is 0 Å². The molecule has 6 fully saturated rings. The largest absolute Gasteiger partial charge is 0.456 e. The zero-order chi connectivity index (χ0) is 29.2. The van der Waals surface area contributed by atoms with Crippen LogP contribution in [0.3, 0.4) is 0 Å². The number of rotatable bonds is 4. The summed E-state index contributed by atoms with van der Waals surface area (Å²) in [6.45, 7) is 15.4. The number of carbonyl (C=O) groups is 2. The summed E-state index contributed by atoms with van der Waals surface area (Å²) in [6, 6.07) is 0.659. The number of fused-ring (bicyclic) bond motifs is 5. The van der Waals surface area contributed by atoms with Crippen molar-refractivity contribution in [1.29, 1.82) is 0 Å². The number of likely N-dealkylation sites (N-methyl/N-ethyl adjacent to an activating group) is 2. The van der Waals surface area contributed by atoms with Gasteiger partial charge in [-0.3, -0.25) is 9.59 Å². The number of hydrogen-bond donors (Lipinski definition) is 0. The molecule has 10 atom stereocenters. The molecule has 6 rings (SSSR count). The second-order valence-electron chi connectivity index (χ2n) is 15.8. The number of carbonyl (C=O) groups excluding carboxylic acids is 2. The number of hydrogen-bond acceptors (Lipinski definition) is 6. The van der Waals surface area contributed by atoms with Gasteiger partial charge in [0.05, 0.1) is 40.5 Å². The molecule has 5 unspecified atom stereocenters. The van der Waals surface area contributed by atoms with E-state index in [1.807, 2.05) is 0 Å². The molecule has 4 saturated carbocycles. The monoisotopic (exact) mass is 576 g/mol. The van der Waals surface area contributed by atoms with Gasteiger partial charge in [-0.1, -0.05) is 13.8 Å². The van der Waals surface area contributed by atoms with Crippen LogP contribution in [0.5, 0.6) is 0 Å². The molecule has 232 valence electrons. The van der Waals surface area contributed by atoms with Crippen LogP contribution in [0, 0.1) is 34.5 Å². The van der Waals surface area contributed by atoms with Gasteiger partial charge in [-0.25, -0.2) is 0 Å². The number of quaternary nitrogens is 2. The molecule has 6 aliphatic rings. The first kappa shape index (κ1) is 29.8. The van der Waals surface area contributed by atoms with Gasteiger partial charge in [0.15, 0.2) is 12.2 Å². The normalized spacial score (nSPS) is 46.9. The SMILES string of the molecule is CC(=O)O[C@H]1C[C@@H]2CCC3C4CC([N+]5(C)CCOCC5)[C@H](OC(C)=O)[C@@]4(C)CCC3[C@@]2(C)CC1[N+]1(C)CCOCC1. The van der Waals surface area contributed by atoms with Crippen LogP contribution in [0.25, 0.3) is 0 Å². The first-order valence-electron chi connectivity index (χ1n) is 16.6. The molecule has 0 radical (unpaired) electrons. The van der Waals surface area contributed by atoms with Gasteiger partial charge in [-0.05, 0) is 61.2 Å². The standard InChI is InChI=1S/C33H56N2O6/c1-22(36)40-30-19-24-7-8-25-26(33(24,4)21-29(30)35(6)13-17-39-18-14-35)9-10-32(3)27(25)20-28(31(32)41-23(2)37)34(5)11-15-38-16-12-34/h24-31H,7-21H2,1-6H3/q+2/t24-,25?,26?,27?,28?,29?,30-,31-,32-,33-/m0/s1. The molecule has 4 aliphatic carbocycles. The first-order chi connectivity index (χ1) is 19.4. The molecule has 8 nitrogen and oxygen atoms in total. The van der Waals surface area contributed by atoms with E-state index in [-0.39, 0.29) is 35.0 Å².